The Labute approximate surface area is 149 Å². The number of hydrogen-bond acceptors (Lipinski definition) is 4. The van der Waals surface area contributed by atoms with E-state index in [9.17, 15) is 8.42 Å². The van der Waals surface area contributed by atoms with Gasteiger partial charge in [-0.15, -0.1) is 0 Å². The molecule has 2 heterocycles. The van der Waals surface area contributed by atoms with Crippen molar-refractivity contribution in [2.24, 2.45) is 0 Å². The van der Waals surface area contributed by atoms with Crippen LogP contribution < -0.4 is 4.74 Å². The Morgan fingerprint density at radius 3 is 2.56 bits per heavy atom. The van der Waals surface area contributed by atoms with Crippen LogP contribution in [0.15, 0.2) is 42.6 Å². The summed E-state index contributed by atoms with van der Waals surface area (Å²) >= 11 is 0. The number of sulfonamides is 1. The number of benzene rings is 1. The molecule has 1 fully saturated rings. The Hall–Kier alpha value is -1.92. The van der Waals surface area contributed by atoms with Crippen molar-refractivity contribution in [2.45, 2.75) is 38.5 Å². The van der Waals surface area contributed by atoms with Crippen LogP contribution in [0, 0.1) is 13.8 Å². The zero-order valence-electron chi connectivity index (χ0n) is 14.7. The van der Waals surface area contributed by atoms with Crippen molar-refractivity contribution < 1.29 is 13.2 Å². The molecule has 5 nitrogen and oxygen atoms in total. The van der Waals surface area contributed by atoms with Crippen molar-refractivity contribution >= 4 is 10.0 Å². The van der Waals surface area contributed by atoms with Gasteiger partial charge in [0, 0.05) is 18.8 Å². The summed E-state index contributed by atoms with van der Waals surface area (Å²) in [6, 6.07) is 11.5. The van der Waals surface area contributed by atoms with Crippen molar-refractivity contribution in [3.63, 3.8) is 0 Å². The van der Waals surface area contributed by atoms with E-state index in [1.165, 1.54) is 0 Å². The van der Waals surface area contributed by atoms with Crippen LogP contribution in [-0.2, 0) is 15.8 Å². The summed E-state index contributed by atoms with van der Waals surface area (Å²) in [5.41, 5.74) is 2.86. The van der Waals surface area contributed by atoms with Gasteiger partial charge in [-0.25, -0.2) is 12.7 Å². The van der Waals surface area contributed by atoms with Crippen molar-refractivity contribution in [3.05, 3.63) is 59.4 Å². The van der Waals surface area contributed by atoms with Gasteiger partial charge in [-0.2, -0.15) is 0 Å². The van der Waals surface area contributed by atoms with Crippen LogP contribution in [0.3, 0.4) is 0 Å². The molecule has 0 unspecified atom stereocenters. The highest BCUT2D eigenvalue weighted by atomic mass is 32.2. The summed E-state index contributed by atoms with van der Waals surface area (Å²) in [7, 11) is -3.29. The highest BCUT2D eigenvalue weighted by molar-refractivity contribution is 7.88. The second kappa shape index (κ2) is 7.54. The van der Waals surface area contributed by atoms with E-state index < -0.39 is 10.0 Å². The number of aryl methyl sites for hydroxylation is 2. The lowest BCUT2D eigenvalue weighted by Gasteiger charge is -2.31. The molecule has 0 bridgehead atoms. The van der Waals surface area contributed by atoms with Crippen LogP contribution in [0.4, 0.5) is 0 Å². The summed E-state index contributed by atoms with van der Waals surface area (Å²) in [6.07, 6.45) is 3.15. The first kappa shape index (κ1) is 17.9. The molecular weight excluding hydrogens is 336 g/mol. The summed E-state index contributed by atoms with van der Waals surface area (Å²) in [4.78, 5) is 4.22. The van der Waals surface area contributed by atoms with Crippen molar-refractivity contribution in [1.29, 1.82) is 0 Å². The van der Waals surface area contributed by atoms with E-state index in [-0.39, 0.29) is 11.9 Å². The average molecular weight is 360 g/mol. The van der Waals surface area contributed by atoms with E-state index in [0.717, 1.165) is 22.6 Å². The van der Waals surface area contributed by atoms with Crippen LogP contribution in [0.5, 0.6) is 5.75 Å². The fraction of sp³-hybridized carbons (Fsp3) is 0.421. The lowest BCUT2D eigenvalue weighted by atomic mass is 10.1. The number of nitrogens with zero attached hydrogens (tertiary/aromatic N) is 2. The maximum absolute atomic E-state index is 12.6. The monoisotopic (exact) mass is 360 g/mol. The SMILES string of the molecule is Cc1cccc(CS(=O)(=O)N2CCC(Oc3ccc(C)nc3)CC2)c1. The predicted molar refractivity (Wildman–Crippen MR) is 98.0 cm³/mol. The summed E-state index contributed by atoms with van der Waals surface area (Å²) in [5.74, 6) is 0.800. The zero-order chi connectivity index (χ0) is 17.9. The first-order valence-corrected chi connectivity index (χ1v) is 10.2. The third kappa shape index (κ3) is 4.80. The third-order valence-electron chi connectivity index (χ3n) is 4.41. The largest absolute Gasteiger partial charge is 0.489 e. The third-order valence-corrected chi connectivity index (χ3v) is 6.26. The van der Waals surface area contributed by atoms with Crippen LogP contribution >= 0.6 is 0 Å². The van der Waals surface area contributed by atoms with Gasteiger partial charge in [0.05, 0.1) is 11.9 Å². The van der Waals surface area contributed by atoms with Gasteiger partial charge in [0.2, 0.25) is 10.0 Å². The van der Waals surface area contributed by atoms with Crippen LogP contribution in [-0.4, -0.2) is 36.9 Å². The summed E-state index contributed by atoms with van der Waals surface area (Å²) < 4.78 is 32.8. The number of aromatic nitrogens is 1. The molecule has 25 heavy (non-hydrogen) atoms. The predicted octanol–water partition coefficient (Wildman–Crippen LogP) is 3.07. The minimum Gasteiger partial charge on any atom is -0.489 e. The molecule has 0 amide bonds. The minimum atomic E-state index is -3.29. The highest BCUT2D eigenvalue weighted by Gasteiger charge is 2.29. The molecule has 1 aliphatic rings. The first-order chi connectivity index (χ1) is 11.9. The Morgan fingerprint density at radius 1 is 1.16 bits per heavy atom. The van der Waals surface area contributed by atoms with E-state index in [2.05, 4.69) is 4.98 Å². The minimum absolute atomic E-state index is 0.0370. The van der Waals surface area contributed by atoms with Crippen LogP contribution in [0.25, 0.3) is 0 Å². The molecule has 2 aromatic rings. The van der Waals surface area contributed by atoms with E-state index in [4.69, 9.17) is 4.74 Å². The standard InChI is InChI=1S/C19H24N2O3S/c1-15-4-3-5-17(12-15)14-25(22,23)21-10-8-18(9-11-21)24-19-7-6-16(2)20-13-19/h3-7,12-13,18H,8-11,14H2,1-2H3. The molecule has 0 saturated carbocycles. The fourth-order valence-corrected chi connectivity index (χ4v) is 4.60. The van der Waals surface area contributed by atoms with Gasteiger partial charge in [-0.1, -0.05) is 29.8 Å². The van der Waals surface area contributed by atoms with Gasteiger partial charge in [0.15, 0.2) is 0 Å². The van der Waals surface area contributed by atoms with Gasteiger partial charge in [-0.3, -0.25) is 4.98 Å². The number of pyridine rings is 1. The van der Waals surface area contributed by atoms with Gasteiger partial charge in [0.1, 0.15) is 11.9 Å². The van der Waals surface area contributed by atoms with Crippen molar-refractivity contribution in [1.82, 2.24) is 9.29 Å². The topological polar surface area (TPSA) is 59.5 Å². The molecule has 1 aliphatic heterocycles. The van der Waals surface area contributed by atoms with Gasteiger partial charge in [0.25, 0.3) is 0 Å². The van der Waals surface area contributed by atoms with E-state index in [1.807, 2.05) is 50.2 Å². The molecule has 0 radical (unpaired) electrons. The van der Waals surface area contributed by atoms with Crippen molar-refractivity contribution in [3.8, 4) is 5.75 Å². The van der Waals surface area contributed by atoms with Crippen molar-refractivity contribution in [2.75, 3.05) is 13.1 Å². The maximum Gasteiger partial charge on any atom is 0.218 e. The second-order valence-corrected chi connectivity index (χ2v) is 8.57. The molecule has 1 aromatic heterocycles. The lowest BCUT2D eigenvalue weighted by Crippen LogP contribution is -2.42. The number of ether oxygens (including phenoxy) is 1. The molecule has 0 aliphatic carbocycles. The molecule has 6 heteroatoms. The smallest absolute Gasteiger partial charge is 0.218 e. The molecule has 0 N–H and O–H groups in total. The number of rotatable bonds is 5. The lowest BCUT2D eigenvalue weighted by molar-refractivity contribution is 0.134. The van der Waals surface area contributed by atoms with E-state index in [0.29, 0.717) is 25.9 Å². The Kier molecular flexibility index (Phi) is 5.39. The molecule has 134 valence electrons. The van der Waals surface area contributed by atoms with E-state index >= 15 is 0 Å². The first-order valence-electron chi connectivity index (χ1n) is 8.55. The summed E-state index contributed by atoms with van der Waals surface area (Å²) in [6.45, 7) is 4.90. The van der Waals surface area contributed by atoms with Crippen LogP contribution in [0.1, 0.15) is 29.7 Å². The molecule has 0 atom stereocenters. The average Bonchev–Trinajstić information content (AvgIpc) is 2.57. The van der Waals surface area contributed by atoms with Gasteiger partial charge < -0.3 is 4.74 Å². The zero-order valence-corrected chi connectivity index (χ0v) is 15.5. The molecule has 1 aromatic carbocycles. The Bertz CT molecular complexity index is 811. The second-order valence-electron chi connectivity index (χ2n) is 6.60. The normalized spacial score (nSPS) is 16.7. The number of piperidine rings is 1. The highest BCUT2D eigenvalue weighted by Crippen LogP contribution is 2.22. The fourth-order valence-electron chi connectivity index (χ4n) is 3.05. The Morgan fingerprint density at radius 2 is 1.92 bits per heavy atom. The van der Waals surface area contributed by atoms with Crippen LogP contribution in [0.2, 0.25) is 0 Å². The quantitative estimate of drug-likeness (QED) is 0.822. The Balaban J connectivity index is 1.56. The van der Waals surface area contributed by atoms with Gasteiger partial charge >= 0.3 is 0 Å². The molecule has 3 rings (SSSR count). The maximum atomic E-state index is 12.6. The van der Waals surface area contributed by atoms with Gasteiger partial charge in [-0.05, 0) is 44.4 Å². The van der Waals surface area contributed by atoms with E-state index in [1.54, 1.807) is 10.5 Å². The summed E-state index contributed by atoms with van der Waals surface area (Å²) in [5, 5.41) is 0. The molecular formula is C19H24N2O3S. The molecule has 0 spiro atoms. The molecule has 1 saturated heterocycles. The number of hydrogen-bond donors (Lipinski definition) is 0.